The fourth-order valence-corrected chi connectivity index (χ4v) is 2.90. The quantitative estimate of drug-likeness (QED) is 0.580. The second kappa shape index (κ2) is 5.13. The molecule has 4 aromatic rings. The molecule has 128 valence electrons. The van der Waals surface area contributed by atoms with Crippen molar-refractivity contribution in [1.29, 1.82) is 0 Å². The largest absolute Gasteiger partial charge is 0.416 e. The van der Waals surface area contributed by atoms with Crippen molar-refractivity contribution in [2.75, 3.05) is 0 Å². The lowest BCUT2D eigenvalue weighted by Gasteiger charge is -2.11. The highest BCUT2D eigenvalue weighted by Gasteiger charge is 2.32. The van der Waals surface area contributed by atoms with E-state index < -0.39 is 11.7 Å². The highest BCUT2D eigenvalue weighted by Crippen LogP contribution is 2.38. The first-order valence-electron chi connectivity index (χ1n) is 7.21. The van der Waals surface area contributed by atoms with Gasteiger partial charge in [-0.2, -0.15) is 23.4 Å². The zero-order valence-electron chi connectivity index (χ0n) is 13.0. The number of nitrogens with zero attached hydrogens (tertiary/aromatic N) is 6. The number of H-pyrrole nitrogens is 2. The number of rotatable bonds is 2. The van der Waals surface area contributed by atoms with Crippen molar-refractivity contribution >= 4 is 10.9 Å². The third-order valence-corrected chi connectivity index (χ3v) is 3.98. The van der Waals surface area contributed by atoms with Gasteiger partial charge >= 0.3 is 6.18 Å². The molecule has 0 aliphatic rings. The van der Waals surface area contributed by atoms with E-state index in [0.717, 1.165) is 12.1 Å². The molecule has 2 N–H and O–H groups in total. The number of aryl methyl sites for hydroxylation is 1. The standard InChI is InChI=1S/C14H11F3N8/c1-6-12(7(2)25(22-6)13-20-23-24-21-13)9-3-8(14(15,16)17)4-11-10(9)5-18-19-11/h3-5H,1-2H3,(H,18,19)(H,20,21,23,24). The summed E-state index contributed by atoms with van der Waals surface area (Å²) in [5, 5.41) is 24.8. The average molecular weight is 348 g/mol. The highest BCUT2D eigenvalue weighted by molar-refractivity contribution is 5.96. The molecule has 0 spiro atoms. The first-order valence-corrected chi connectivity index (χ1v) is 7.21. The number of aromatic nitrogens is 8. The van der Waals surface area contributed by atoms with Crippen LogP contribution in [0.1, 0.15) is 17.0 Å². The monoisotopic (exact) mass is 348 g/mol. The molecule has 4 rings (SSSR count). The van der Waals surface area contributed by atoms with E-state index in [2.05, 4.69) is 35.9 Å². The van der Waals surface area contributed by atoms with Gasteiger partial charge in [0.1, 0.15) is 0 Å². The van der Waals surface area contributed by atoms with Gasteiger partial charge in [0.25, 0.3) is 5.95 Å². The minimum atomic E-state index is -4.47. The number of nitrogens with one attached hydrogen (secondary N) is 2. The van der Waals surface area contributed by atoms with Crippen molar-refractivity contribution in [3.05, 3.63) is 35.3 Å². The number of alkyl halides is 3. The predicted octanol–water partition coefficient (Wildman–Crippen LogP) is 2.56. The van der Waals surface area contributed by atoms with Gasteiger partial charge in [-0.3, -0.25) is 5.10 Å². The van der Waals surface area contributed by atoms with Crippen LogP contribution in [0.25, 0.3) is 28.0 Å². The van der Waals surface area contributed by atoms with Crippen LogP contribution in [0, 0.1) is 13.8 Å². The first kappa shape index (κ1) is 15.3. The van der Waals surface area contributed by atoms with E-state index in [4.69, 9.17) is 0 Å². The van der Waals surface area contributed by atoms with Crippen molar-refractivity contribution < 1.29 is 13.2 Å². The maximum Gasteiger partial charge on any atom is 0.416 e. The van der Waals surface area contributed by atoms with Crippen LogP contribution in [-0.2, 0) is 6.18 Å². The Morgan fingerprint density at radius 3 is 2.60 bits per heavy atom. The molecule has 25 heavy (non-hydrogen) atoms. The zero-order valence-corrected chi connectivity index (χ0v) is 13.0. The Labute approximate surface area is 138 Å². The number of halogens is 3. The lowest BCUT2D eigenvalue weighted by Crippen LogP contribution is -2.05. The number of benzene rings is 1. The summed E-state index contributed by atoms with van der Waals surface area (Å²) in [7, 11) is 0. The fraction of sp³-hybridized carbons (Fsp3) is 0.214. The summed E-state index contributed by atoms with van der Waals surface area (Å²) in [6.07, 6.45) is -2.97. The Balaban J connectivity index is 2.01. The van der Waals surface area contributed by atoms with E-state index in [1.165, 1.54) is 10.9 Å². The smallest absolute Gasteiger partial charge is 0.278 e. The van der Waals surface area contributed by atoms with Crippen LogP contribution in [0.4, 0.5) is 13.2 Å². The predicted molar refractivity (Wildman–Crippen MR) is 80.9 cm³/mol. The Morgan fingerprint density at radius 2 is 1.92 bits per heavy atom. The molecule has 1 aromatic carbocycles. The lowest BCUT2D eigenvalue weighted by molar-refractivity contribution is -0.137. The first-order chi connectivity index (χ1) is 11.9. The normalized spacial score (nSPS) is 12.2. The van der Waals surface area contributed by atoms with Crippen molar-refractivity contribution in [3.63, 3.8) is 0 Å². The molecule has 0 aliphatic heterocycles. The molecule has 0 amide bonds. The molecule has 3 aromatic heterocycles. The van der Waals surface area contributed by atoms with Gasteiger partial charge in [0.05, 0.1) is 28.7 Å². The second-order valence-electron chi connectivity index (χ2n) is 5.54. The van der Waals surface area contributed by atoms with E-state index in [1.54, 1.807) is 13.8 Å². The summed E-state index contributed by atoms with van der Waals surface area (Å²) >= 11 is 0. The molecular weight excluding hydrogens is 337 g/mol. The van der Waals surface area contributed by atoms with Crippen LogP contribution in [0.5, 0.6) is 0 Å². The number of hydrogen-bond donors (Lipinski definition) is 2. The second-order valence-corrected chi connectivity index (χ2v) is 5.54. The molecule has 0 unspecified atom stereocenters. The number of aromatic amines is 2. The summed E-state index contributed by atoms with van der Waals surface area (Å²) in [4.78, 5) is 0. The Hall–Kier alpha value is -3.24. The number of fused-ring (bicyclic) bond motifs is 1. The van der Waals surface area contributed by atoms with Crippen LogP contribution in [0.3, 0.4) is 0 Å². The van der Waals surface area contributed by atoms with E-state index >= 15 is 0 Å². The number of tetrazole rings is 1. The van der Waals surface area contributed by atoms with Gasteiger partial charge < -0.3 is 0 Å². The minimum absolute atomic E-state index is 0.280. The topological polar surface area (TPSA) is 101 Å². The summed E-state index contributed by atoms with van der Waals surface area (Å²) in [6.45, 7) is 3.46. The lowest BCUT2D eigenvalue weighted by atomic mass is 9.97. The van der Waals surface area contributed by atoms with Gasteiger partial charge in [0.15, 0.2) is 0 Å². The molecule has 3 heterocycles. The Kier molecular flexibility index (Phi) is 3.14. The van der Waals surface area contributed by atoms with Crippen molar-refractivity contribution in [3.8, 4) is 17.1 Å². The summed E-state index contributed by atoms with van der Waals surface area (Å²) in [5.41, 5.74) is 1.68. The van der Waals surface area contributed by atoms with Crippen LogP contribution in [-0.4, -0.2) is 40.6 Å². The molecule has 0 radical (unpaired) electrons. The maximum atomic E-state index is 13.3. The molecule has 0 aliphatic carbocycles. The Bertz CT molecular complexity index is 1060. The van der Waals surface area contributed by atoms with Crippen LogP contribution >= 0.6 is 0 Å². The van der Waals surface area contributed by atoms with Crippen molar-refractivity contribution in [2.45, 2.75) is 20.0 Å². The zero-order chi connectivity index (χ0) is 17.8. The summed E-state index contributed by atoms with van der Waals surface area (Å²) < 4.78 is 41.2. The molecule has 0 atom stereocenters. The molecular formula is C14H11F3N8. The van der Waals surface area contributed by atoms with Crippen LogP contribution in [0.15, 0.2) is 18.3 Å². The van der Waals surface area contributed by atoms with Gasteiger partial charge in [-0.05, 0) is 42.0 Å². The third-order valence-electron chi connectivity index (χ3n) is 3.98. The molecule has 0 saturated carbocycles. The van der Waals surface area contributed by atoms with E-state index in [9.17, 15) is 13.2 Å². The van der Waals surface area contributed by atoms with E-state index in [0.29, 0.717) is 33.4 Å². The van der Waals surface area contributed by atoms with Crippen LogP contribution < -0.4 is 0 Å². The van der Waals surface area contributed by atoms with Gasteiger partial charge in [-0.15, -0.1) is 0 Å². The highest BCUT2D eigenvalue weighted by atomic mass is 19.4. The van der Waals surface area contributed by atoms with Crippen LogP contribution in [0.2, 0.25) is 0 Å². The van der Waals surface area contributed by atoms with Gasteiger partial charge in [0, 0.05) is 10.9 Å². The van der Waals surface area contributed by atoms with E-state index in [-0.39, 0.29) is 5.95 Å². The Morgan fingerprint density at radius 1 is 1.12 bits per heavy atom. The molecule has 11 heteroatoms. The summed E-state index contributed by atoms with van der Waals surface area (Å²) in [5.74, 6) is 0.280. The molecule has 0 saturated heterocycles. The number of hydrogen-bond acceptors (Lipinski definition) is 5. The van der Waals surface area contributed by atoms with Gasteiger partial charge in [0.2, 0.25) is 0 Å². The van der Waals surface area contributed by atoms with Gasteiger partial charge in [-0.25, -0.2) is 9.78 Å². The summed E-state index contributed by atoms with van der Waals surface area (Å²) in [6, 6.07) is 2.15. The molecule has 0 fully saturated rings. The fourth-order valence-electron chi connectivity index (χ4n) is 2.90. The minimum Gasteiger partial charge on any atom is -0.278 e. The van der Waals surface area contributed by atoms with Crippen molar-refractivity contribution in [1.82, 2.24) is 40.6 Å². The average Bonchev–Trinajstić information content (AvgIpc) is 3.26. The van der Waals surface area contributed by atoms with E-state index in [1.807, 2.05) is 0 Å². The SMILES string of the molecule is Cc1nn(-c2nnn[nH]2)c(C)c1-c1cc(C(F)(F)F)cc2[nH]ncc12. The third kappa shape index (κ3) is 2.35. The van der Waals surface area contributed by atoms with Gasteiger partial charge in [-0.1, -0.05) is 5.10 Å². The maximum absolute atomic E-state index is 13.3. The molecule has 8 nitrogen and oxygen atoms in total. The van der Waals surface area contributed by atoms with Crippen molar-refractivity contribution in [2.24, 2.45) is 0 Å². The molecule has 0 bridgehead atoms.